The fourth-order valence-electron chi connectivity index (χ4n) is 2.34. The van der Waals surface area contributed by atoms with Crippen molar-refractivity contribution in [1.29, 1.82) is 0 Å². The number of carbonyl (C=O) groups is 2. The molecule has 4 heteroatoms. The monoisotopic (exact) mass is 236 g/mol. The van der Waals surface area contributed by atoms with Crippen LogP contribution in [0.5, 0.6) is 0 Å². The molecule has 0 aromatic rings. The van der Waals surface area contributed by atoms with E-state index >= 15 is 0 Å². The Hall–Kier alpha value is -1.32. The van der Waals surface area contributed by atoms with E-state index in [-0.39, 0.29) is 18.4 Å². The van der Waals surface area contributed by atoms with Crippen molar-refractivity contribution in [2.24, 2.45) is 0 Å². The van der Waals surface area contributed by atoms with Crippen LogP contribution in [0.15, 0.2) is 12.2 Å². The van der Waals surface area contributed by atoms with E-state index < -0.39 is 0 Å². The molecule has 0 aromatic carbocycles. The van der Waals surface area contributed by atoms with Gasteiger partial charge in [-0.2, -0.15) is 0 Å². The van der Waals surface area contributed by atoms with Crippen molar-refractivity contribution in [2.75, 3.05) is 26.2 Å². The van der Waals surface area contributed by atoms with Crippen LogP contribution in [0.1, 0.15) is 32.1 Å². The smallest absolute Gasteiger partial charge is 0.242 e. The van der Waals surface area contributed by atoms with E-state index in [0.29, 0.717) is 13.0 Å². The lowest BCUT2D eigenvalue weighted by Gasteiger charge is -2.27. The van der Waals surface area contributed by atoms with Crippen LogP contribution >= 0.6 is 0 Å². The van der Waals surface area contributed by atoms with Crippen molar-refractivity contribution >= 4 is 11.8 Å². The van der Waals surface area contributed by atoms with Crippen LogP contribution in [-0.2, 0) is 9.59 Å². The fourth-order valence-corrected chi connectivity index (χ4v) is 2.34. The van der Waals surface area contributed by atoms with Gasteiger partial charge in [0, 0.05) is 26.1 Å². The second kappa shape index (κ2) is 5.84. The predicted octanol–water partition coefficient (Wildman–Crippen LogP) is 1.18. The van der Waals surface area contributed by atoms with Crippen molar-refractivity contribution < 1.29 is 9.59 Å². The quantitative estimate of drug-likeness (QED) is 0.675. The minimum atomic E-state index is 0.0876. The van der Waals surface area contributed by atoms with Gasteiger partial charge in [0.05, 0.1) is 6.54 Å². The zero-order valence-electron chi connectivity index (χ0n) is 10.2. The van der Waals surface area contributed by atoms with Crippen LogP contribution in [0.4, 0.5) is 0 Å². The molecule has 2 aliphatic rings. The number of rotatable bonds is 2. The molecule has 0 unspecified atom stereocenters. The summed E-state index contributed by atoms with van der Waals surface area (Å²) in [5.41, 5.74) is 0. The Morgan fingerprint density at radius 2 is 2.06 bits per heavy atom. The first-order chi connectivity index (χ1) is 8.27. The first kappa shape index (κ1) is 12.1. The molecule has 2 heterocycles. The van der Waals surface area contributed by atoms with E-state index in [4.69, 9.17) is 0 Å². The molecule has 0 saturated carbocycles. The third-order valence-corrected chi connectivity index (χ3v) is 3.41. The Labute approximate surface area is 102 Å². The Balaban J connectivity index is 1.88. The van der Waals surface area contributed by atoms with Gasteiger partial charge in [0.2, 0.25) is 11.8 Å². The SMILES string of the molecule is O=C(CN1CCCCCC1=O)N1CC=CCC1. The first-order valence-electron chi connectivity index (χ1n) is 6.48. The fraction of sp³-hybridized carbons (Fsp3) is 0.692. The molecule has 0 spiro atoms. The molecule has 1 fully saturated rings. The Kier molecular flexibility index (Phi) is 4.18. The van der Waals surface area contributed by atoms with Gasteiger partial charge in [-0.25, -0.2) is 0 Å². The molecular weight excluding hydrogens is 216 g/mol. The van der Waals surface area contributed by atoms with E-state index in [1.165, 1.54) is 0 Å². The zero-order chi connectivity index (χ0) is 12.1. The number of nitrogens with zero attached hydrogens (tertiary/aromatic N) is 2. The summed E-state index contributed by atoms with van der Waals surface area (Å²) in [5, 5.41) is 0. The highest BCUT2D eigenvalue weighted by atomic mass is 16.2. The molecule has 0 radical (unpaired) electrons. The zero-order valence-corrected chi connectivity index (χ0v) is 10.2. The molecule has 2 rings (SSSR count). The summed E-state index contributed by atoms with van der Waals surface area (Å²) in [5.74, 6) is 0.230. The van der Waals surface area contributed by atoms with Crippen LogP contribution in [-0.4, -0.2) is 47.8 Å². The van der Waals surface area contributed by atoms with Gasteiger partial charge < -0.3 is 9.80 Å². The highest BCUT2D eigenvalue weighted by Gasteiger charge is 2.22. The average molecular weight is 236 g/mol. The van der Waals surface area contributed by atoms with E-state index in [1.54, 1.807) is 4.90 Å². The van der Waals surface area contributed by atoms with Crippen LogP contribution < -0.4 is 0 Å². The lowest BCUT2D eigenvalue weighted by Crippen LogP contribution is -2.43. The number of hydrogen-bond acceptors (Lipinski definition) is 2. The molecular formula is C13H20N2O2. The highest BCUT2D eigenvalue weighted by molar-refractivity contribution is 5.85. The van der Waals surface area contributed by atoms with E-state index in [0.717, 1.165) is 38.8 Å². The van der Waals surface area contributed by atoms with Gasteiger partial charge in [0.1, 0.15) is 0 Å². The van der Waals surface area contributed by atoms with Gasteiger partial charge in [-0.1, -0.05) is 18.6 Å². The molecule has 0 atom stereocenters. The molecule has 17 heavy (non-hydrogen) atoms. The van der Waals surface area contributed by atoms with Gasteiger partial charge in [-0.05, 0) is 19.3 Å². The lowest BCUT2D eigenvalue weighted by atomic mass is 10.2. The largest absolute Gasteiger partial charge is 0.337 e. The van der Waals surface area contributed by atoms with Gasteiger partial charge in [-0.3, -0.25) is 9.59 Å². The number of likely N-dealkylation sites (tertiary alicyclic amines) is 1. The average Bonchev–Trinajstić information content (AvgIpc) is 2.56. The minimum absolute atomic E-state index is 0.0876. The molecule has 0 aromatic heterocycles. The minimum Gasteiger partial charge on any atom is -0.337 e. The van der Waals surface area contributed by atoms with E-state index in [9.17, 15) is 9.59 Å². The van der Waals surface area contributed by atoms with E-state index in [2.05, 4.69) is 6.08 Å². The van der Waals surface area contributed by atoms with Crippen molar-refractivity contribution in [3.8, 4) is 0 Å². The van der Waals surface area contributed by atoms with Gasteiger partial charge >= 0.3 is 0 Å². The Morgan fingerprint density at radius 1 is 1.18 bits per heavy atom. The molecule has 4 nitrogen and oxygen atoms in total. The Bertz CT molecular complexity index is 325. The van der Waals surface area contributed by atoms with Crippen molar-refractivity contribution in [3.63, 3.8) is 0 Å². The summed E-state index contributed by atoms with van der Waals surface area (Å²) in [6.07, 6.45) is 8.75. The molecule has 94 valence electrons. The van der Waals surface area contributed by atoms with Crippen LogP contribution in [0.25, 0.3) is 0 Å². The molecule has 0 N–H and O–H groups in total. The van der Waals surface area contributed by atoms with Crippen molar-refractivity contribution in [1.82, 2.24) is 9.80 Å². The summed E-state index contributed by atoms with van der Waals surface area (Å²) in [6.45, 7) is 2.50. The molecule has 2 aliphatic heterocycles. The maximum atomic E-state index is 12.0. The summed E-state index contributed by atoms with van der Waals surface area (Å²) in [6, 6.07) is 0. The topological polar surface area (TPSA) is 40.6 Å². The summed E-state index contributed by atoms with van der Waals surface area (Å²) < 4.78 is 0. The van der Waals surface area contributed by atoms with Gasteiger partial charge in [0.25, 0.3) is 0 Å². The second-order valence-electron chi connectivity index (χ2n) is 4.73. The third kappa shape index (κ3) is 3.32. The standard InChI is InChI=1S/C13H20N2O2/c16-12-7-3-1-4-10-15(12)11-13(17)14-8-5-2-6-9-14/h2,5H,1,3-4,6-11H2. The molecule has 1 saturated heterocycles. The molecule has 0 aliphatic carbocycles. The number of carbonyl (C=O) groups excluding carboxylic acids is 2. The third-order valence-electron chi connectivity index (χ3n) is 3.41. The van der Waals surface area contributed by atoms with Crippen LogP contribution in [0, 0.1) is 0 Å². The van der Waals surface area contributed by atoms with Crippen molar-refractivity contribution in [2.45, 2.75) is 32.1 Å². The van der Waals surface area contributed by atoms with Crippen LogP contribution in [0.3, 0.4) is 0 Å². The summed E-state index contributed by atoms with van der Waals surface area (Å²) >= 11 is 0. The second-order valence-corrected chi connectivity index (χ2v) is 4.73. The summed E-state index contributed by atoms with van der Waals surface area (Å²) in [7, 11) is 0. The normalized spacial score (nSPS) is 21.5. The molecule has 2 amide bonds. The lowest BCUT2D eigenvalue weighted by molar-refractivity contribution is -0.140. The summed E-state index contributed by atoms with van der Waals surface area (Å²) in [4.78, 5) is 27.4. The predicted molar refractivity (Wildman–Crippen MR) is 65.4 cm³/mol. The maximum absolute atomic E-state index is 12.0. The highest BCUT2D eigenvalue weighted by Crippen LogP contribution is 2.11. The van der Waals surface area contributed by atoms with Gasteiger partial charge in [0.15, 0.2) is 0 Å². The number of hydrogen-bond donors (Lipinski definition) is 0. The number of amides is 2. The van der Waals surface area contributed by atoms with Crippen molar-refractivity contribution in [3.05, 3.63) is 12.2 Å². The Morgan fingerprint density at radius 3 is 2.82 bits per heavy atom. The maximum Gasteiger partial charge on any atom is 0.242 e. The first-order valence-corrected chi connectivity index (χ1v) is 6.48. The van der Waals surface area contributed by atoms with Crippen LogP contribution in [0.2, 0.25) is 0 Å². The van der Waals surface area contributed by atoms with E-state index in [1.807, 2.05) is 11.0 Å². The molecule has 0 bridgehead atoms. The van der Waals surface area contributed by atoms with Gasteiger partial charge in [-0.15, -0.1) is 0 Å².